The highest BCUT2D eigenvalue weighted by Crippen LogP contribution is 2.35. The van der Waals surface area contributed by atoms with Gasteiger partial charge in [-0.1, -0.05) is 6.07 Å². The fraction of sp³-hybridized carbons (Fsp3) is 0.381. The SMILES string of the molecule is O=c1c2c(nc3cc(CCc4ccccn4)ccn13)CCN1CCC[C@@H]21. The van der Waals surface area contributed by atoms with Crippen LogP contribution >= 0.6 is 0 Å². The zero-order valence-electron chi connectivity index (χ0n) is 14.8. The third kappa shape index (κ3) is 2.63. The molecular formula is C21H22N4O. The Kier molecular flexibility index (Phi) is 3.82. The molecule has 1 saturated heterocycles. The van der Waals surface area contributed by atoms with Crippen LogP contribution in [0.2, 0.25) is 0 Å². The normalized spacial score (nSPS) is 19.5. The number of rotatable bonds is 3. The van der Waals surface area contributed by atoms with Crippen LogP contribution in [0.5, 0.6) is 0 Å². The van der Waals surface area contributed by atoms with Crippen molar-refractivity contribution in [2.45, 2.75) is 38.1 Å². The van der Waals surface area contributed by atoms with E-state index in [2.05, 4.69) is 16.0 Å². The van der Waals surface area contributed by atoms with E-state index in [9.17, 15) is 4.79 Å². The van der Waals surface area contributed by atoms with Crippen molar-refractivity contribution in [3.05, 3.63) is 75.6 Å². The molecular weight excluding hydrogens is 324 g/mol. The van der Waals surface area contributed by atoms with Crippen molar-refractivity contribution < 1.29 is 0 Å². The van der Waals surface area contributed by atoms with E-state index in [0.717, 1.165) is 61.4 Å². The molecule has 0 unspecified atom stereocenters. The van der Waals surface area contributed by atoms with Gasteiger partial charge in [-0.25, -0.2) is 4.98 Å². The lowest BCUT2D eigenvalue weighted by molar-refractivity contribution is 0.239. The summed E-state index contributed by atoms with van der Waals surface area (Å²) in [6.45, 7) is 2.14. The maximum absolute atomic E-state index is 13.1. The molecule has 0 amide bonds. The molecule has 0 bridgehead atoms. The molecule has 5 heterocycles. The molecule has 0 radical (unpaired) electrons. The van der Waals surface area contributed by atoms with E-state index in [4.69, 9.17) is 4.98 Å². The van der Waals surface area contributed by atoms with E-state index in [1.807, 2.05) is 36.7 Å². The van der Waals surface area contributed by atoms with Gasteiger partial charge in [0.05, 0.1) is 11.3 Å². The molecule has 2 aliphatic rings. The summed E-state index contributed by atoms with van der Waals surface area (Å²) in [5.41, 5.74) is 5.13. The fourth-order valence-corrected chi connectivity index (χ4v) is 4.41. The molecule has 0 aromatic carbocycles. The molecule has 3 aromatic heterocycles. The van der Waals surface area contributed by atoms with Crippen LogP contribution in [0.25, 0.3) is 5.65 Å². The van der Waals surface area contributed by atoms with Crippen LogP contribution in [-0.2, 0) is 19.3 Å². The molecule has 26 heavy (non-hydrogen) atoms. The van der Waals surface area contributed by atoms with Gasteiger partial charge in [0, 0.05) is 37.1 Å². The Bertz CT molecular complexity index is 1010. The lowest BCUT2D eigenvalue weighted by Gasteiger charge is -2.30. The number of nitrogens with zero attached hydrogens (tertiary/aromatic N) is 4. The maximum Gasteiger partial charge on any atom is 0.262 e. The Morgan fingerprint density at radius 1 is 1.15 bits per heavy atom. The standard InChI is InChI=1S/C21H22N4O/c26-21-20-17(9-12-24-11-3-5-18(20)24)23-19-14-15(8-13-25(19)21)6-7-16-4-1-2-10-22-16/h1-2,4,8,10,13-14,18H,3,5-7,9,11-12H2/t18-/m0/s1. The number of hydrogen-bond donors (Lipinski definition) is 0. The van der Waals surface area contributed by atoms with Gasteiger partial charge in [0.1, 0.15) is 5.65 Å². The van der Waals surface area contributed by atoms with Gasteiger partial charge in [-0.15, -0.1) is 0 Å². The van der Waals surface area contributed by atoms with Crippen LogP contribution in [0.4, 0.5) is 0 Å². The molecule has 1 fully saturated rings. The molecule has 5 nitrogen and oxygen atoms in total. The zero-order valence-corrected chi connectivity index (χ0v) is 14.8. The average Bonchev–Trinajstić information content (AvgIpc) is 3.15. The summed E-state index contributed by atoms with van der Waals surface area (Å²) in [7, 11) is 0. The third-order valence-electron chi connectivity index (χ3n) is 5.74. The first-order valence-electron chi connectivity index (χ1n) is 9.47. The molecule has 0 spiro atoms. The lowest BCUT2D eigenvalue weighted by atomic mass is 9.98. The number of hydrogen-bond acceptors (Lipinski definition) is 4. The van der Waals surface area contributed by atoms with E-state index in [0.29, 0.717) is 0 Å². The van der Waals surface area contributed by atoms with Crippen molar-refractivity contribution in [2.75, 3.05) is 13.1 Å². The average molecular weight is 346 g/mol. The number of pyridine rings is 2. The van der Waals surface area contributed by atoms with Crippen LogP contribution < -0.4 is 5.56 Å². The monoisotopic (exact) mass is 346 g/mol. The van der Waals surface area contributed by atoms with Crippen molar-refractivity contribution in [1.29, 1.82) is 0 Å². The van der Waals surface area contributed by atoms with Crippen molar-refractivity contribution >= 4 is 5.65 Å². The van der Waals surface area contributed by atoms with Gasteiger partial charge >= 0.3 is 0 Å². The van der Waals surface area contributed by atoms with Crippen LogP contribution in [-0.4, -0.2) is 32.4 Å². The van der Waals surface area contributed by atoms with Crippen molar-refractivity contribution in [3.63, 3.8) is 0 Å². The van der Waals surface area contributed by atoms with E-state index in [1.54, 1.807) is 4.40 Å². The first-order chi connectivity index (χ1) is 12.8. The molecule has 132 valence electrons. The van der Waals surface area contributed by atoms with Gasteiger partial charge in [0.25, 0.3) is 5.56 Å². The van der Waals surface area contributed by atoms with Gasteiger partial charge < -0.3 is 0 Å². The molecule has 0 N–H and O–H groups in total. The van der Waals surface area contributed by atoms with Gasteiger partial charge in [0.15, 0.2) is 0 Å². The Hall–Kier alpha value is -2.53. The summed E-state index contributed by atoms with van der Waals surface area (Å²) in [6, 6.07) is 10.4. The van der Waals surface area contributed by atoms with Crippen molar-refractivity contribution in [2.24, 2.45) is 0 Å². The van der Waals surface area contributed by atoms with E-state index in [-0.39, 0.29) is 11.6 Å². The zero-order chi connectivity index (χ0) is 17.5. The summed E-state index contributed by atoms with van der Waals surface area (Å²) in [5.74, 6) is 0. The number of aryl methyl sites for hydroxylation is 2. The lowest BCUT2D eigenvalue weighted by Crippen LogP contribution is -2.37. The van der Waals surface area contributed by atoms with Crippen LogP contribution in [0.1, 0.15) is 41.4 Å². The smallest absolute Gasteiger partial charge is 0.262 e. The molecule has 0 aliphatic carbocycles. The Morgan fingerprint density at radius 3 is 3.00 bits per heavy atom. The summed E-state index contributed by atoms with van der Waals surface area (Å²) in [4.78, 5) is 24.8. The minimum atomic E-state index is 0.123. The molecule has 5 rings (SSSR count). The summed E-state index contributed by atoms with van der Waals surface area (Å²) >= 11 is 0. The Morgan fingerprint density at radius 2 is 2.12 bits per heavy atom. The largest absolute Gasteiger partial charge is 0.296 e. The highest BCUT2D eigenvalue weighted by atomic mass is 16.1. The molecule has 2 aliphatic heterocycles. The highest BCUT2D eigenvalue weighted by molar-refractivity contribution is 5.45. The number of fused-ring (bicyclic) bond motifs is 4. The second-order valence-electron chi connectivity index (χ2n) is 7.31. The van der Waals surface area contributed by atoms with Crippen LogP contribution in [0.3, 0.4) is 0 Å². The highest BCUT2D eigenvalue weighted by Gasteiger charge is 2.34. The van der Waals surface area contributed by atoms with Gasteiger partial charge in [-0.2, -0.15) is 0 Å². The van der Waals surface area contributed by atoms with Crippen LogP contribution in [0.15, 0.2) is 47.5 Å². The summed E-state index contributed by atoms with van der Waals surface area (Å²) < 4.78 is 1.73. The predicted molar refractivity (Wildman–Crippen MR) is 100 cm³/mol. The van der Waals surface area contributed by atoms with E-state index in [1.165, 1.54) is 12.0 Å². The topological polar surface area (TPSA) is 50.5 Å². The molecule has 0 saturated carbocycles. The number of aromatic nitrogens is 3. The first-order valence-corrected chi connectivity index (χ1v) is 9.47. The van der Waals surface area contributed by atoms with Gasteiger partial charge in [0.2, 0.25) is 0 Å². The first kappa shape index (κ1) is 15.7. The van der Waals surface area contributed by atoms with Gasteiger partial charge in [-0.3, -0.25) is 19.1 Å². The minimum absolute atomic E-state index is 0.123. The van der Waals surface area contributed by atoms with Gasteiger partial charge in [-0.05, 0) is 62.1 Å². The minimum Gasteiger partial charge on any atom is -0.296 e. The van der Waals surface area contributed by atoms with E-state index >= 15 is 0 Å². The summed E-state index contributed by atoms with van der Waals surface area (Å²) in [6.07, 6.45) is 8.66. The second-order valence-corrected chi connectivity index (χ2v) is 7.31. The van der Waals surface area contributed by atoms with Crippen molar-refractivity contribution in [1.82, 2.24) is 19.3 Å². The Labute approximate surface area is 152 Å². The second kappa shape index (κ2) is 6.32. The molecule has 3 aromatic rings. The van der Waals surface area contributed by atoms with Crippen molar-refractivity contribution in [3.8, 4) is 0 Å². The summed E-state index contributed by atoms with van der Waals surface area (Å²) in [5, 5.41) is 0. The predicted octanol–water partition coefficient (Wildman–Crippen LogP) is 2.57. The quantitative estimate of drug-likeness (QED) is 0.731. The van der Waals surface area contributed by atoms with E-state index < -0.39 is 0 Å². The molecule has 5 heteroatoms. The fourth-order valence-electron chi connectivity index (χ4n) is 4.41. The maximum atomic E-state index is 13.1. The molecule has 1 atom stereocenters. The third-order valence-corrected chi connectivity index (χ3v) is 5.74. The Balaban J connectivity index is 1.50. The van der Waals surface area contributed by atoms with Crippen LogP contribution in [0, 0.1) is 0 Å².